The molecule has 0 amide bonds. The van der Waals surface area contributed by atoms with Crippen LogP contribution in [-0.2, 0) is 4.74 Å². The van der Waals surface area contributed by atoms with Gasteiger partial charge in [-0.05, 0) is 130 Å². The summed E-state index contributed by atoms with van der Waals surface area (Å²) in [6.07, 6.45) is 41.5. The summed E-state index contributed by atoms with van der Waals surface area (Å²) in [6, 6.07) is 1.28. The Balaban J connectivity index is 1.15. The number of hydrogen-bond acceptors (Lipinski definition) is 3. The summed E-state index contributed by atoms with van der Waals surface area (Å²) >= 11 is 0. The lowest BCUT2D eigenvalue weighted by Gasteiger charge is -2.64. The Labute approximate surface area is 347 Å². The van der Waals surface area contributed by atoms with Crippen molar-refractivity contribution in [2.45, 2.75) is 206 Å². The van der Waals surface area contributed by atoms with Gasteiger partial charge in [-0.25, -0.2) is 0 Å². The standard InChI is InChI=1S/C53H75BN2O/c1-50(2,3)35-24-25-42-40(31-35)54-41-32-36(51(4,5)6)30-39-48(41)56(52(7,8)53(39)26-15-10-16-27-53)45-29-34(33-18-11-9-12-19-33)28-44(47(45)54)55(42)43-22-17-21-38-37-20-13-14-23-46(37)57-49(38)43/h14,17,21,23,25,28,32-33,35,37,39-40,43-47H,9-13,15-16,18-20,22,24,26-27,29-31H2,1-8H3. The van der Waals surface area contributed by atoms with Gasteiger partial charge in [-0.3, -0.25) is 0 Å². The van der Waals surface area contributed by atoms with Gasteiger partial charge in [0.15, 0.2) is 6.71 Å². The first-order valence-electron chi connectivity index (χ1n) is 24.5. The number of rotatable bonds is 2. The summed E-state index contributed by atoms with van der Waals surface area (Å²) in [4.78, 5) is 6.37. The van der Waals surface area contributed by atoms with Crippen LogP contribution in [0.15, 0.2) is 81.9 Å². The maximum Gasteiger partial charge on any atom is 0.195 e. The second-order valence-electron chi connectivity index (χ2n) is 23.9. The van der Waals surface area contributed by atoms with Crippen molar-refractivity contribution in [2.24, 2.45) is 39.9 Å². The van der Waals surface area contributed by atoms with Crippen molar-refractivity contribution >= 4 is 6.71 Å². The molecule has 9 atom stereocenters. The van der Waals surface area contributed by atoms with E-state index in [-0.39, 0.29) is 17.1 Å². The van der Waals surface area contributed by atoms with E-state index in [1.54, 1.807) is 11.3 Å². The van der Waals surface area contributed by atoms with E-state index < -0.39 is 0 Å². The molecule has 57 heavy (non-hydrogen) atoms. The monoisotopic (exact) mass is 767 g/mol. The second-order valence-corrected chi connectivity index (χ2v) is 23.9. The molecule has 3 nitrogen and oxygen atoms in total. The minimum atomic E-state index is 0.149. The quantitative estimate of drug-likeness (QED) is 0.206. The molecule has 2 saturated heterocycles. The molecule has 0 N–H and O–H groups in total. The van der Waals surface area contributed by atoms with Gasteiger partial charge >= 0.3 is 0 Å². The fourth-order valence-corrected chi connectivity index (χ4v) is 16.2. The fraction of sp³-hybridized carbons (Fsp3) is 0.736. The predicted octanol–water partition coefficient (Wildman–Crippen LogP) is 13.3. The van der Waals surface area contributed by atoms with Crippen molar-refractivity contribution in [1.29, 1.82) is 0 Å². The molecule has 4 heterocycles. The highest BCUT2D eigenvalue weighted by molar-refractivity contribution is 6.72. The predicted molar refractivity (Wildman–Crippen MR) is 238 cm³/mol. The Morgan fingerprint density at radius 1 is 0.877 bits per heavy atom. The Morgan fingerprint density at radius 3 is 2.40 bits per heavy atom. The molecule has 306 valence electrons. The van der Waals surface area contributed by atoms with Crippen molar-refractivity contribution in [3.63, 3.8) is 0 Å². The van der Waals surface area contributed by atoms with E-state index in [0.29, 0.717) is 65.1 Å². The Kier molecular flexibility index (Phi) is 8.63. The van der Waals surface area contributed by atoms with Crippen LogP contribution >= 0.6 is 0 Å². The van der Waals surface area contributed by atoms with Crippen molar-refractivity contribution in [3.8, 4) is 0 Å². The minimum Gasteiger partial charge on any atom is -0.488 e. The van der Waals surface area contributed by atoms with E-state index in [1.807, 2.05) is 16.7 Å². The lowest BCUT2D eigenvalue weighted by atomic mass is 9.22. The van der Waals surface area contributed by atoms with Gasteiger partial charge in [0, 0.05) is 46.3 Å². The van der Waals surface area contributed by atoms with E-state index in [9.17, 15) is 0 Å². The first kappa shape index (κ1) is 37.6. The smallest absolute Gasteiger partial charge is 0.195 e. The average molecular weight is 767 g/mol. The number of nitrogens with zero attached hydrogens (tertiary/aromatic N) is 2. The summed E-state index contributed by atoms with van der Waals surface area (Å²) in [7, 11) is 0. The van der Waals surface area contributed by atoms with Gasteiger partial charge in [0.25, 0.3) is 0 Å². The molecule has 0 aromatic heterocycles. The SMILES string of the molecule is CC(C)(C)C1=CC2=C3C(C1)C1(CCCCC1)C(C)(C)N3C1CC(C3CCCCC3)=CC3C1B2C1CC(C(C)(C)C)CC=C1N3C1CC=CC2=C1OC1C=CCCC21. The van der Waals surface area contributed by atoms with Gasteiger partial charge in [-0.1, -0.05) is 133 Å². The average Bonchev–Trinajstić information content (AvgIpc) is 3.66. The Hall–Kier alpha value is -2.36. The topological polar surface area (TPSA) is 15.7 Å². The van der Waals surface area contributed by atoms with Crippen LogP contribution in [0.25, 0.3) is 0 Å². The molecule has 4 aliphatic heterocycles. The zero-order valence-corrected chi connectivity index (χ0v) is 37.2. The third-order valence-corrected chi connectivity index (χ3v) is 19.2. The van der Waals surface area contributed by atoms with Crippen LogP contribution in [0.5, 0.6) is 0 Å². The normalized spacial score (nSPS) is 39.2. The number of allylic oxidation sites excluding steroid dienone is 8. The third-order valence-electron chi connectivity index (χ3n) is 19.2. The molecule has 0 radical (unpaired) electrons. The highest BCUT2D eigenvalue weighted by Crippen LogP contribution is 2.71. The van der Waals surface area contributed by atoms with E-state index in [1.165, 1.54) is 114 Å². The molecule has 2 saturated carbocycles. The molecule has 11 rings (SSSR count). The van der Waals surface area contributed by atoms with Crippen LogP contribution in [0.1, 0.15) is 165 Å². The van der Waals surface area contributed by atoms with Crippen LogP contribution in [0.2, 0.25) is 11.6 Å². The maximum absolute atomic E-state index is 7.22. The van der Waals surface area contributed by atoms with Crippen molar-refractivity contribution in [1.82, 2.24) is 9.80 Å². The summed E-state index contributed by atoms with van der Waals surface area (Å²) in [5.74, 6) is 5.14. The van der Waals surface area contributed by atoms with Gasteiger partial charge in [0.1, 0.15) is 11.9 Å². The van der Waals surface area contributed by atoms with E-state index >= 15 is 0 Å². The summed E-state index contributed by atoms with van der Waals surface area (Å²) < 4.78 is 7.22. The molecule has 0 bridgehead atoms. The van der Waals surface area contributed by atoms with Gasteiger partial charge in [-0.2, -0.15) is 0 Å². The number of fused-ring (bicyclic) bond motifs is 7. The van der Waals surface area contributed by atoms with Gasteiger partial charge in [0.2, 0.25) is 0 Å². The van der Waals surface area contributed by atoms with Crippen LogP contribution < -0.4 is 0 Å². The fourth-order valence-electron chi connectivity index (χ4n) is 16.2. The van der Waals surface area contributed by atoms with Crippen LogP contribution in [-0.4, -0.2) is 46.3 Å². The lowest BCUT2D eigenvalue weighted by Crippen LogP contribution is -2.67. The summed E-state index contributed by atoms with van der Waals surface area (Å²) in [5.41, 5.74) is 11.5. The van der Waals surface area contributed by atoms with Gasteiger partial charge in [0.05, 0.1) is 6.04 Å². The number of ether oxygens (including phenoxy) is 1. The highest BCUT2D eigenvalue weighted by Gasteiger charge is 2.70. The zero-order chi connectivity index (χ0) is 39.2. The second kappa shape index (κ2) is 13.1. The molecule has 0 aromatic carbocycles. The van der Waals surface area contributed by atoms with E-state index in [2.05, 4.69) is 108 Å². The summed E-state index contributed by atoms with van der Waals surface area (Å²) in [6.45, 7) is 21.3. The molecular weight excluding hydrogens is 691 g/mol. The number of hydrogen-bond donors (Lipinski definition) is 0. The molecule has 1 spiro atoms. The van der Waals surface area contributed by atoms with Crippen LogP contribution in [0.3, 0.4) is 0 Å². The van der Waals surface area contributed by atoms with E-state index in [4.69, 9.17) is 4.74 Å². The zero-order valence-electron chi connectivity index (χ0n) is 37.2. The van der Waals surface area contributed by atoms with Crippen molar-refractivity contribution in [3.05, 3.63) is 81.9 Å². The first-order valence-corrected chi connectivity index (χ1v) is 24.5. The first-order chi connectivity index (χ1) is 27.3. The maximum atomic E-state index is 7.22. The Bertz CT molecular complexity index is 1890. The molecule has 4 heteroatoms. The van der Waals surface area contributed by atoms with Crippen molar-refractivity contribution < 1.29 is 4.74 Å². The molecular formula is C53H75BN2O. The van der Waals surface area contributed by atoms with Gasteiger partial charge in [-0.15, -0.1) is 0 Å². The highest BCUT2D eigenvalue weighted by atomic mass is 16.5. The van der Waals surface area contributed by atoms with Crippen molar-refractivity contribution in [2.75, 3.05) is 0 Å². The lowest BCUT2D eigenvalue weighted by molar-refractivity contribution is -0.00992. The Morgan fingerprint density at radius 2 is 1.65 bits per heavy atom. The van der Waals surface area contributed by atoms with Gasteiger partial charge < -0.3 is 14.5 Å². The van der Waals surface area contributed by atoms with Crippen LogP contribution in [0, 0.1) is 39.9 Å². The third kappa shape index (κ3) is 5.41. The molecule has 11 aliphatic rings. The minimum absolute atomic E-state index is 0.149. The molecule has 7 aliphatic carbocycles. The molecule has 4 fully saturated rings. The molecule has 0 aromatic rings. The largest absolute Gasteiger partial charge is 0.488 e. The van der Waals surface area contributed by atoms with E-state index in [0.717, 1.165) is 12.3 Å². The van der Waals surface area contributed by atoms with Crippen LogP contribution in [0.4, 0.5) is 0 Å². The summed E-state index contributed by atoms with van der Waals surface area (Å²) in [5, 5.41) is 0. The molecule has 9 unspecified atom stereocenters.